The van der Waals surface area contributed by atoms with E-state index in [1.807, 2.05) is 0 Å². The van der Waals surface area contributed by atoms with Crippen LogP contribution in [0.15, 0.2) is 54.6 Å². The standard InChI is InChI=1S/C16H13/c1-2-12-7-8-14-10-9-13-5-3-4-6-15(13)16(14)11-12/h3-11H,1-2H2. The van der Waals surface area contributed by atoms with E-state index >= 15 is 0 Å². The quantitative estimate of drug-likeness (QED) is 0.517. The second kappa shape index (κ2) is 3.64. The molecule has 0 bridgehead atoms. The van der Waals surface area contributed by atoms with Gasteiger partial charge < -0.3 is 0 Å². The fourth-order valence-corrected chi connectivity index (χ4v) is 2.20. The molecule has 0 aliphatic carbocycles. The lowest BCUT2D eigenvalue weighted by Crippen LogP contribution is -1.82. The zero-order valence-corrected chi connectivity index (χ0v) is 9.11. The Balaban J connectivity index is 2.47. The Hall–Kier alpha value is -1.82. The first kappa shape index (κ1) is 9.41. The number of hydrogen-bond donors (Lipinski definition) is 0. The molecular formula is C16H13. The van der Waals surface area contributed by atoms with Gasteiger partial charge in [-0.1, -0.05) is 54.6 Å². The van der Waals surface area contributed by atoms with Gasteiger partial charge in [0.25, 0.3) is 0 Å². The van der Waals surface area contributed by atoms with Crippen LogP contribution in [-0.2, 0) is 6.42 Å². The van der Waals surface area contributed by atoms with Gasteiger partial charge in [-0.05, 0) is 40.5 Å². The number of benzene rings is 3. The molecule has 3 aromatic carbocycles. The van der Waals surface area contributed by atoms with Crippen molar-refractivity contribution >= 4 is 21.5 Å². The molecule has 0 saturated carbocycles. The summed E-state index contributed by atoms with van der Waals surface area (Å²) in [6.07, 6.45) is 0.846. The highest BCUT2D eigenvalue weighted by molar-refractivity contribution is 6.07. The summed E-state index contributed by atoms with van der Waals surface area (Å²) in [5.41, 5.74) is 1.30. The Morgan fingerprint density at radius 2 is 1.44 bits per heavy atom. The van der Waals surface area contributed by atoms with Crippen LogP contribution in [0.4, 0.5) is 0 Å². The molecule has 0 aromatic heterocycles. The van der Waals surface area contributed by atoms with E-state index in [1.54, 1.807) is 0 Å². The molecule has 0 heterocycles. The zero-order valence-electron chi connectivity index (χ0n) is 9.11. The maximum absolute atomic E-state index is 3.94. The van der Waals surface area contributed by atoms with Gasteiger partial charge in [-0.25, -0.2) is 0 Å². The maximum Gasteiger partial charge on any atom is -0.0103 e. The summed E-state index contributed by atoms with van der Waals surface area (Å²) >= 11 is 0. The van der Waals surface area contributed by atoms with E-state index in [9.17, 15) is 0 Å². The van der Waals surface area contributed by atoms with Gasteiger partial charge in [0.15, 0.2) is 0 Å². The second-order valence-electron chi connectivity index (χ2n) is 4.09. The normalized spacial score (nSPS) is 11.1. The van der Waals surface area contributed by atoms with Crippen LogP contribution in [0.3, 0.4) is 0 Å². The van der Waals surface area contributed by atoms with Gasteiger partial charge in [0, 0.05) is 0 Å². The van der Waals surface area contributed by atoms with Gasteiger partial charge in [-0.2, -0.15) is 0 Å². The molecule has 77 valence electrons. The minimum Gasteiger partial charge on any atom is -0.0616 e. The summed E-state index contributed by atoms with van der Waals surface area (Å²) < 4.78 is 0. The lowest BCUT2D eigenvalue weighted by atomic mass is 9.99. The molecule has 0 saturated heterocycles. The predicted octanol–water partition coefficient (Wildman–Crippen LogP) is 4.37. The average Bonchev–Trinajstić information content (AvgIpc) is 2.38. The molecule has 16 heavy (non-hydrogen) atoms. The smallest absolute Gasteiger partial charge is 0.0103 e. The van der Waals surface area contributed by atoms with Crippen LogP contribution >= 0.6 is 0 Å². The van der Waals surface area contributed by atoms with Crippen molar-refractivity contribution in [1.29, 1.82) is 0 Å². The summed E-state index contributed by atoms with van der Waals surface area (Å²) in [5.74, 6) is 0. The van der Waals surface area contributed by atoms with Crippen LogP contribution in [-0.4, -0.2) is 0 Å². The molecule has 3 aromatic rings. The first-order chi connectivity index (χ1) is 7.88. The second-order valence-corrected chi connectivity index (χ2v) is 4.09. The lowest BCUT2D eigenvalue weighted by Gasteiger charge is -2.05. The highest BCUT2D eigenvalue weighted by Crippen LogP contribution is 2.26. The monoisotopic (exact) mass is 205 g/mol. The maximum atomic E-state index is 3.94. The van der Waals surface area contributed by atoms with Crippen LogP contribution in [0.1, 0.15) is 5.56 Å². The fraction of sp³-hybridized carbons (Fsp3) is 0.0625. The zero-order chi connectivity index (χ0) is 11.0. The third kappa shape index (κ3) is 1.38. The van der Waals surface area contributed by atoms with Crippen molar-refractivity contribution in [3.05, 3.63) is 67.1 Å². The highest BCUT2D eigenvalue weighted by Gasteiger charge is 2.00. The molecule has 0 amide bonds. The van der Waals surface area contributed by atoms with Gasteiger partial charge in [0.1, 0.15) is 0 Å². The lowest BCUT2D eigenvalue weighted by molar-refractivity contribution is 1.29. The topological polar surface area (TPSA) is 0 Å². The van der Waals surface area contributed by atoms with Crippen molar-refractivity contribution in [2.75, 3.05) is 0 Å². The van der Waals surface area contributed by atoms with Gasteiger partial charge in [0.05, 0.1) is 0 Å². The molecule has 0 atom stereocenters. The van der Waals surface area contributed by atoms with Crippen LogP contribution in [0.2, 0.25) is 0 Å². The Labute approximate surface area is 95.5 Å². The SMILES string of the molecule is [CH2]Cc1ccc2ccc3ccccc3c2c1. The van der Waals surface area contributed by atoms with Crippen molar-refractivity contribution in [3.63, 3.8) is 0 Å². The Bertz CT molecular complexity index is 650. The highest BCUT2D eigenvalue weighted by atomic mass is 14.0. The van der Waals surface area contributed by atoms with Crippen molar-refractivity contribution in [1.82, 2.24) is 0 Å². The van der Waals surface area contributed by atoms with Crippen LogP contribution < -0.4 is 0 Å². The molecule has 0 fully saturated rings. The molecule has 0 unspecified atom stereocenters. The summed E-state index contributed by atoms with van der Waals surface area (Å²) in [6.45, 7) is 3.94. The van der Waals surface area contributed by atoms with E-state index in [1.165, 1.54) is 27.1 Å². The van der Waals surface area contributed by atoms with E-state index in [2.05, 4.69) is 61.5 Å². The van der Waals surface area contributed by atoms with Crippen LogP contribution in [0.5, 0.6) is 0 Å². The van der Waals surface area contributed by atoms with Gasteiger partial charge in [-0.15, -0.1) is 0 Å². The Kier molecular flexibility index (Phi) is 2.14. The first-order valence-electron chi connectivity index (χ1n) is 5.58. The third-order valence-electron chi connectivity index (χ3n) is 3.10. The van der Waals surface area contributed by atoms with E-state index in [0.29, 0.717) is 0 Å². The minimum atomic E-state index is 0.846. The molecule has 0 nitrogen and oxygen atoms in total. The average molecular weight is 205 g/mol. The number of fused-ring (bicyclic) bond motifs is 3. The van der Waals surface area contributed by atoms with Gasteiger partial charge in [0.2, 0.25) is 0 Å². The molecule has 0 N–H and O–H groups in total. The fourth-order valence-electron chi connectivity index (χ4n) is 2.20. The summed E-state index contributed by atoms with van der Waals surface area (Å²) in [4.78, 5) is 0. The number of hydrogen-bond acceptors (Lipinski definition) is 0. The van der Waals surface area contributed by atoms with Crippen molar-refractivity contribution in [2.24, 2.45) is 0 Å². The minimum absolute atomic E-state index is 0.846. The molecular weight excluding hydrogens is 192 g/mol. The van der Waals surface area contributed by atoms with Gasteiger partial charge in [-0.3, -0.25) is 0 Å². The summed E-state index contributed by atoms with van der Waals surface area (Å²) in [7, 11) is 0. The van der Waals surface area contributed by atoms with E-state index in [4.69, 9.17) is 0 Å². The van der Waals surface area contributed by atoms with Gasteiger partial charge >= 0.3 is 0 Å². The summed E-state index contributed by atoms with van der Waals surface area (Å²) in [6, 6.07) is 19.5. The van der Waals surface area contributed by atoms with Crippen molar-refractivity contribution < 1.29 is 0 Å². The molecule has 0 aliphatic heterocycles. The van der Waals surface area contributed by atoms with Crippen LogP contribution in [0, 0.1) is 6.92 Å². The van der Waals surface area contributed by atoms with E-state index in [0.717, 1.165) is 6.42 Å². The van der Waals surface area contributed by atoms with E-state index < -0.39 is 0 Å². The molecule has 0 spiro atoms. The Morgan fingerprint density at radius 1 is 0.750 bits per heavy atom. The largest absolute Gasteiger partial charge is 0.0616 e. The molecule has 1 radical (unpaired) electrons. The van der Waals surface area contributed by atoms with Crippen molar-refractivity contribution in [3.8, 4) is 0 Å². The molecule has 0 heteroatoms. The van der Waals surface area contributed by atoms with Crippen molar-refractivity contribution in [2.45, 2.75) is 6.42 Å². The van der Waals surface area contributed by atoms with Crippen LogP contribution in [0.25, 0.3) is 21.5 Å². The first-order valence-corrected chi connectivity index (χ1v) is 5.58. The number of rotatable bonds is 1. The summed E-state index contributed by atoms with van der Waals surface area (Å²) in [5, 5.41) is 5.27. The predicted molar refractivity (Wildman–Crippen MR) is 70.5 cm³/mol. The molecule has 3 rings (SSSR count). The van der Waals surface area contributed by atoms with E-state index in [-0.39, 0.29) is 0 Å². The Morgan fingerprint density at radius 3 is 2.25 bits per heavy atom. The third-order valence-corrected chi connectivity index (χ3v) is 3.10. The molecule has 0 aliphatic rings.